The van der Waals surface area contributed by atoms with E-state index in [9.17, 15) is 14.7 Å². The number of aliphatic hydroxyl groups excluding tert-OH is 1. The normalized spacial score (nSPS) is 11.5. The van der Waals surface area contributed by atoms with Crippen LogP contribution in [-0.2, 0) is 9.53 Å². The van der Waals surface area contributed by atoms with Crippen molar-refractivity contribution < 1.29 is 19.4 Å². The van der Waals surface area contributed by atoms with E-state index in [1.54, 1.807) is 37.3 Å². The van der Waals surface area contributed by atoms with Crippen LogP contribution in [0.1, 0.15) is 30.6 Å². The van der Waals surface area contributed by atoms with Gasteiger partial charge in [0.2, 0.25) is 0 Å². The molecule has 0 bridgehead atoms. The lowest BCUT2D eigenvalue weighted by Crippen LogP contribution is -2.20. The first kappa shape index (κ1) is 15.6. The number of hydrogen-bond acceptors (Lipinski definition) is 5. The highest BCUT2D eigenvalue weighted by Gasteiger charge is 2.22. The predicted octanol–water partition coefficient (Wildman–Crippen LogP) is 2.67. The second-order valence-corrected chi connectivity index (χ2v) is 4.13. The van der Waals surface area contributed by atoms with Gasteiger partial charge < -0.3 is 15.3 Å². The average molecular weight is 275 g/mol. The standard InChI is InChI=1S/C15H17NO4/c1-3-20-15(19)14(10(2)17)12(16)9-13(18)11-7-5-4-6-8-11/h4-8,16-17H,3,9H2,1-2H3/b14-10+,16-12?. The maximum absolute atomic E-state index is 12.0. The lowest BCUT2D eigenvalue weighted by Gasteiger charge is -2.09. The summed E-state index contributed by atoms with van der Waals surface area (Å²) < 4.78 is 4.76. The third kappa shape index (κ3) is 4.05. The Morgan fingerprint density at radius 2 is 1.85 bits per heavy atom. The average Bonchev–Trinajstić information content (AvgIpc) is 2.39. The third-order valence-electron chi connectivity index (χ3n) is 2.58. The van der Waals surface area contributed by atoms with Gasteiger partial charge in [0.15, 0.2) is 5.78 Å². The van der Waals surface area contributed by atoms with Crippen molar-refractivity contribution in [2.75, 3.05) is 6.61 Å². The summed E-state index contributed by atoms with van der Waals surface area (Å²) in [4.78, 5) is 23.6. The number of esters is 1. The first-order chi connectivity index (χ1) is 9.47. The number of allylic oxidation sites excluding steroid dienone is 1. The summed E-state index contributed by atoms with van der Waals surface area (Å²) >= 11 is 0. The molecule has 5 heteroatoms. The topological polar surface area (TPSA) is 87.5 Å². The van der Waals surface area contributed by atoms with Crippen LogP contribution < -0.4 is 0 Å². The van der Waals surface area contributed by atoms with Crippen LogP contribution >= 0.6 is 0 Å². The summed E-state index contributed by atoms with van der Waals surface area (Å²) in [5.74, 6) is -1.41. The molecule has 0 atom stereocenters. The van der Waals surface area contributed by atoms with E-state index in [0.717, 1.165) is 0 Å². The molecule has 0 heterocycles. The van der Waals surface area contributed by atoms with E-state index in [2.05, 4.69) is 0 Å². The molecule has 0 aliphatic carbocycles. The number of hydrogen-bond donors (Lipinski definition) is 2. The van der Waals surface area contributed by atoms with Gasteiger partial charge in [-0.25, -0.2) is 4.79 Å². The summed E-state index contributed by atoms with van der Waals surface area (Å²) in [6.45, 7) is 3.05. The Morgan fingerprint density at radius 3 is 2.35 bits per heavy atom. The van der Waals surface area contributed by atoms with E-state index in [4.69, 9.17) is 10.1 Å². The van der Waals surface area contributed by atoms with Crippen LogP contribution in [0.2, 0.25) is 0 Å². The van der Waals surface area contributed by atoms with Gasteiger partial charge in [-0.15, -0.1) is 0 Å². The maximum Gasteiger partial charge on any atom is 0.343 e. The molecule has 0 radical (unpaired) electrons. The molecule has 2 N–H and O–H groups in total. The molecule has 1 aromatic carbocycles. The maximum atomic E-state index is 12.0. The van der Waals surface area contributed by atoms with Crippen molar-refractivity contribution in [1.29, 1.82) is 5.41 Å². The van der Waals surface area contributed by atoms with Crippen molar-refractivity contribution in [1.82, 2.24) is 0 Å². The van der Waals surface area contributed by atoms with Gasteiger partial charge in [0.1, 0.15) is 11.3 Å². The van der Waals surface area contributed by atoms with Gasteiger partial charge >= 0.3 is 5.97 Å². The Balaban J connectivity index is 2.86. The molecule has 5 nitrogen and oxygen atoms in total. The summed E-state index contributed by atoms with van der Waals surface area (Å²) in [7, 11) is 0. The molecular weight excluding hydrogens is 258 g/mol. The molecule has 1 aromatic rings. The van der Waals surface area contributed by atoms with Crippen molar-refractivity contribution >= 4 is 17.5 Å². The first-order valence-corrected chi connectivity index (χ1v) is 6.20. The molecule has 20 heavy (non-hydrogen) atoms. The number of carbonyl (C=O) groups excluding carboxylic acids is 2. The Hall–Kier alpha value is -2.43. The molecule has 0 saturated carbocycles. The molecule has 0 aromatic heterocycles. The fourth-order valence-corrected chi connectivity index (χ4v) is 1.67. The number of benzene rings is 1. The monoisotopic (exact) mass is 275 g/mol. The number of Topliss-reactive ketones (excluding diaryl/α,β-unsaturated/α-hetero) is 1. The van der Waals surface area contributed by atoms with E-state index in [0.29, 0.717) is 5.56 Å². The lowest BCUT2D eigenvalue weighted by molar-refractivity contribution is -0.138. The number of nitrogens with one attached hydrogen (secondary N) is 1. The Morgan fingerprint density at radius 1 is 1.25 bits per heavy atom. The van der Waals surface area contributed by atoms with Gasteiger partial charge in [0, 0.05) is 5.56 Å². The second kappa shape index (κ2) is 7.23. The Labute approximate surface area is 117 Å². The molecule has 0 unspecified atom stereocenters. The molecule has 0 saturated heterocycles. The molecule has 0 aliphatic heterocycles. The molecule has 0 fully saturated rings. The SMILES string of the molecule is CCOC(=O)/C(C(=N)CC(=O)c1ccccc1)=C(\C)O. The zero-order valence-corrected chi connectivity index (χ0v) is 11.5. The minimum Gasteiger partial charge on any atom is -0.512 e. The summed E-state index contributed by atoms with van der Waals surface area (Å²) in [5, 5.41) is 17.3. The third-order valence-corrected chi connectivity index (χ3v) is 2.58. The highest BCUT2D eigenvalue weighted by atomic mass is 16.5. The van der Waals surface area contributed by atoms with Gasteiger partial charge in [-0.3, -0.25) is 4.79 Å². The van der Waals surface area contributed by atoms with Gasteiger partial charge in [-0.1, -0.05) is 30.3 Å². The van der Waals surface area contributed by atoms with Crippen molar-refractivity contribution in [3.05, 3.63) is 47.2 Å². The summed E-state index contributed by atoms with van der Waals surface area (Å²) in [6, 6.07) is 8.49. The van der Waals surface area contributed by atoms with E-state index >= 15 is 0 Å². The number of carbonyl (C=O) groups is 2. The number of aliphatic hydroxyl groups is 1. The fourth-order valence-electron chi connectivity index (χ4n) is 1.67. The Kier molecular flexibility index (Phi) is 5.65. The van der Waals surface area contributed by atoms with E-state index < -0.39 is 5.97 Å². The van der Waals surface area contributed by atoms with Crippen LogP contribution in [-0.4, -0.2) is 29.2 Å². The second-order valence-electron chi connectivity index (χ2n) is 4.13. The predicted molar refractivity (Wildman–Crippen MR) is 75.1 cm³/mol. The van der Waals surface area contributed by atoms with Crippen LogP contribution in [0.3, 0.4) is 0 Å². The van der Waals surface area contributed by atoms with Gasteiger partial charge in [0.05, 0.1) is 18.7 Å². The summed E-state index contributed by atoms with van der Waals surface area (Å²) in [5.41, 5.74) is -0.0514. The number of ketones is 1. The molecule has 0 amide bonds. The molecule has 0 aliphatic rings. The lowest BCUT2D eigenvalue weighted by atomic mass is 10.0. The number of rotatable bonds is 6. The zero-order chi connectivity index (χ0) is 15.1. The minimum atomic E-state index is -0.793. The van der Waals surface area contributed by atoms with E-state index in [-0.39, 0.29) is 35.9 Å². The largest absolute Gasteiger partial charge is 0.512 e. The van der Waals surface area contributed by atoms with E-state index in [1.165, 1.54) is 6.92 Å². The number of ether oxygens (including phenoxy) is 1. The molecular formula is C15H17NO4. The first-order valence-electron chi connectivity index (χ1n) is 6.20. The van der Waals surface area contributed by atoms with Crippen molar-refractivity contribution in [2.24, 2.45) is 0 Å². The quantitative estimate of drug-likeness (QED) is 0.275. The summed E-state index contributed by atoms with van der Waals surface area (Å²) in [6.07, 6.45) is -0.268. The van der Waals surface area contributed by atoms with Crippen LogP contribution in [0.15, 0.2) is 41.7 Å². The fraction of sp³-hybridized carbons (Fsp3) is 0.267. The van der Waals surface area contributed by atoms with Crippen molar-refractivity contribution in [2.45, 2.75) is 20.3 Å². The van der Waals surface area contributed by atoms with Crippen LogP contribution in [0.25, 0.3) is 0 Å². The van der Waals surface area contributed by atoms with E-state index in [1.807, 2.05) is 0 Å². The minimum absolute atomic E-state index is 0.134. The molecule has 0 spiro atoms. The van der Waals surface area contributed by atoms with Crippen LogP contribution in [0, 0.1) is 5.41 Å². The van der Waals surface area contributed by atoms with Gasteiger partial charge in [0.25, 0.3) is 0 Å². The smallest absolute Gasteiger partial charge is 0.343 e. The molecule has 106 valence electrons. The van der Waals surface area contributed by atoms with Crippen molar-refractivity contribution in [3.63, 3.8) is 0 Å². The zero-order valence-electron chi connectivity index (χ0n) is 11.5. The Bertz CT molecular complexity index is 542. The highest BCUT2D eigenvalue weighted by molar-refractivity contribution is 6.25. The van der Waals surface area contributed by atoms with Gasteiger partial charge in [-0.2, -0.15) is 0 Å². The highest BCUT2D eigenvalue weighted by Crippen LogP contribution is 2.12. The van der Waals surface area contributed by atoms with Gasteiger partial charge in [-0.05, 0) is 13.8 Å². The van der Waals surface area contributed by atoms with Crippen LogP contribution in [0.4, 0.5) is 0 Å². The molecule has 1 rings (SSSR count). The van der Waals surface area contributed by atoms with Crippen LogP contribution in [0.5, 0.6) is 0 Å². The van der Waals surface area contributed by atoms with Crippen molar-refractivity contribution in [3.8, 4) is 0 Å².